The summed E-state index contributed by atoms with van der Waals surface area (Å²) in [7, 11) is 0. The van der Waals surface area contributed by atoms with Crippen LogP contribution in [0.1, 0.15) is 18.4 Å². The summed E-state index contributed by atoms with van der Waals surface area (Å²) in [6.07, 6.45) is 0.929. The Morgan fingerprint density at radius 3 is 2.42 bits per heavy atom. The van der Waals surface area contributed by atoms with E-state index in [-0.39, 0.29) is 5.91 Å². The number of carbonyl (C=O) groups excluding carboxylic acids is 1. The maximum Gasteiger partial charge on any atom is 0.288 e. The molecular weight excluding hydrogens is 332 g/mol. The number of thioether (sulfide) groups is 1. The van der Waals surface area contributed by atoms with Crippen molar-refractivity contribution in [1.82, 2.24) is 0 Å². The Morgan fingerprint density at radius 1 is 1.12 bits per heavy atom. The van der Waals surface area contributed by atoms with Gasteiger partial charge in [0.2, 0.25) is 5.91 Å². The van der Waals surface area contributed by atoms with Crippen LogP contribution in [-0.2, 0) is 4.79 Å². The first-order chi connectivity index (χ1) is 11.5. The first-order valence-corrected chi connectivity index (χ1v) is 8.45. The summed E-state index contributed by atoms with van der Waals surface area (Å²) in [5.41, 5.74) is 1.76. The van der Waals surface area contributed by atoms with Gasteiger partial charge in [0, 0.05) is 17.0 Å². The third-order valence-corrected chi connectivity index (χ3v) is 3.92. The molecule has 2 aromatic rings. The summed E-state index contributed by atoms with van der Waals surface area (Å²) >= 11 is 0.479. The summed E-state index contributed by atoms with van der Waals surface area (Å²) in [5, 5.41) is 2.74. The van der Waals surface area contributed by atoms with Crippen molar-refractivity contribution in [2.75, 3.05) is 11.9 Å². The van der Waals surface area contributed by atoms with Gasteiger partial charge >= 0.3 is 0 Å². The molecule has 128 valence electrons. The number of hydrogen-bond donors (Lipinski definition) is 1. The Bertz CT molecular complexity index is 645. The second-order valence-corrected chi connectivity index (χ2v) is 6.28. The van der Waals surface area contributed by atoms with Gasteiger partial charge in [-0.3, -0.25) is 4.79 Å². The fourth-order valence-electron chi connectivity index (χ4n) is 2.00. The lowest BCUT2D eigenvalue weighted by Crippen LogP contribution is -2.12. The van der Waals surface area contributed by atoms with Crippen LogP contribution >= 0.6 is 11.8 Å². The van der Waals surface area contributed by atoms with Crippen LogP contribution in [0, 0.1) is 6.92 Å². The minimum atomic E-state index is -2.45. The normalized spacial score (nSPS) is 10.7. The number of aryl methyl sites for hydroxylation is 1. The zero-order valence-corrected chi connectivity index (χ0v) is 14.1. The summed E-state index contributed by atoms with van der Waals surface area (Å²) < 4.78 is 30.0. The lowest BCUT2D eigenvalue weighted by molar-refractivity contribution is -0.116. The van der Waals surface area contributed by atoms with Gasteiger partial charge in [-0.15, -0.1) is 0 Å². The molecule has 0 saturated heterocycles. The third-order valence-electron chi connectivity index (χ3n) is 3.20. The number of hydrogen-bond acceptors (Lipinski definition) is 3. The second-order valence-electron chi connectivity index (χ2n) is 5.22. The number of amides is 1. The smallest absolute Gasteiger partial charge is 0.288 e. The number of carbonyl (C=O) groups is 1. The number of anilines is 1. The van der Waals surface area contributed by atoms with Crippen LogP contribution in [0.5, 0.6) is 5.75 Å². The van der Waals surface area contributed by atoms with E-state index >= 15 is 0 Å². The van der Waals surface area contributed by atoms with E-state index in [2.05, 4.69) is 5.32 Å². The van der Waals surface area contributed by atoms with E-state index in [1.54, 1.807) is 24.3 Å². The average molecular weight is 351 g/mol. The zero-order chi connectivity index (χ0) is 17.4. The van der Waals surface area contributed by atoms with Crippen LogP contribution in [-0.4, -0.2) is 18.3 Å². The second kappa shape index (κ2) is 9.27. The van der Waals surface area contributed by atoms with Gasteiger partial charge < -0.3 is 10.1 Å². The van der Waals surface area contributed by atoms with Crippen molar-refractivity contribution in [1.29, 1.82) is 0 Å². The van der Waals surface area contributed by atoms with Gasteiger partial charge in [0.1, 0.15) is 5.75 Å². The molecule has 0 unspecified atom stereocenters. The third kappa shape index (κ3) is 6.58. The Hall–Kier alpha value is -2.08. The summed E-state index contributed by atoms with van der Waals surface area (Å²) in [4.78, 5) is 12.3. The topological polar surface area (TPSA) is 38.3 Å². The van der Waals surface area contributed by atoms with Crippen molar-refractivity contribution in [2.45, 2.75) is 30.4 Å². The minimum absolute atomic E-state index is 0.128. The highest BCUT2D eigenvalue weighted by molar-refractivity contribution is 7.99. The van der Waals surface area contributed by atoms with E-state index < -0.39 is 5.76 Å². The van der Waals surface area contributed by atoms with Crippen molar-refractivity contribution >= 4 is 23.4 Å². The first-order valence-electron chi connectivity index (χ1n) is 7.57. The van der Waals surface area contributed by atoms with Crippen molar-refractivity contribution in [2.24, 2.45) is 0 Å². The lowest BCUT2D eigenvalue weighted by atomic mass is 10.2. The molecule has 0 aliphatic rings. The maximum atomic E-state index is 12.2. The fourth-order valence-corrected chi connectivity index (χ4v) is 2.50. The highest BCUT2D eigenvalue weighted by atomic mass is 32.2. The molecule has 0 bridgehead atoms. The SMILES string of the molecule is Cc1ccc(OCCCC(=O)Nc2ccc(SC(F)F)cc2)cc1. The van der Waals surface area contributed by atoms with Gasteiger partial charge in [-0.2, -0.15) is 8.78 Å². The first kappa shape index (κ1) is 18.3. The summed E-state index contributed by atoms with van der Waals surface area (Å²) in [5.74, 6) is -1.79. The number of rotatable bonds is 8. The Morgan fingerprint density at radius 2 is 1.79 bits per heavy atom. The molecule has 2 rings (SSSR count). The quantitative estimate of drug-likeness (QED) is 0.531. The summed E-state index contributed by atoms with van der Waals surface area (Å²) in [6, 6.07) is 14.1. The molecule has 1 N–H and O–H groups in total. The van der Waals surface area contributed by atoms with E-state index in [1.165, 1.54) is 5.56 Å². The molecule has 0 fully saturated rings. The van der Waals surface area contributed by atoms with E-state index in [9.17, 15) is 13.6 Å². The number of halogens is 2. The molecule has 3 nitrogen and oxygen atoms in total. The highest BCUT2D eigenvalue weighted by Gasteiger charge is 2.06. The molecule has 2 aromatic carbocycles. The Kier molecular flexibility index (Phi) is 7.06. The van der Waals surface area contributed by atoms with Crippen LogP contribution in [0.25, 0.3) is 0 Å². The molecule has 0 heterocycles. The van der Waals surface area contributed by atoms with Crippen LogP contribution in [0.4, 0.5) is 14.5 Å². The molecule has 0 spiro atoms. The van der Waals surface area contributed by atoms with Crippen LogP contribution in [0.3, 0.4) is 0 Å². The largest absolute Gasteiger partial charge is 0.494 e. The molecule has 1 amide bonds. The van der Waals surface area contributed by atoms with Crippen molar-refractivity contribution < 1.29 is 18.3 Å². The van der Waals surface area contributed by atoms with Crippen molar-refractivity contribution in [3.05, 3.63) is 54.1 Å². The monoisotopic (exact) mass is 351 g/mol. The standard InChI is InChI=1S/C18H19F2NO2S/c1-13-4-8-15(9-5-13)23-12-2-3-17(22)21-14-6-10-16(11-7-14)24-18(19)20/h4-11,18H,2-3,12H2,1H3,(H,21,22). The Balaban J connectivity index is 1.68. The predicted molar refractivity (Wildman–Crippen MR) is 92.8 cm³/mol. The van der Waals surface area contributed by atoms with E-state index in [0.29, 0.717) is 41.8 Å². The van der Waals surface area contributed by atoms with Crippen LogP contribution in [0.15, 0.2) is 53.4 Å². The maximum absolute atomic E-state index is 12.2. The lowest BCUT2D eigenvalue weighted by Gasteiger charge is -2.08. The van der Waals surface area contributed by atoms with Crippen LogP contribution < -0.4 is 10.1 Å². The molecule has 0 aromatic heterocycles. The van der Waals surface area contributed by atoms with E-state index in [0.717, 1.165) is 5.75 Å². The number of alkyl halides is 2. The number of nitrogens with one attached hydrogen (secondary N) is 1. The molecule has 0 aliphatic carbocycles. The molecule has 0 saturated carbocycles. The molecular formula is C18H19F2NO2S. The zero-order valence-electron chi connectivity index (χ0n) is 13.3. The molecule has 0 radical (unpaired) electrons. The van der Waals surface area contributed by atoms with Gasteiger partial charge in [-0.1, -0.05) is 29.5 Å². The highest BCUT2D eigenvalue weighted by Crippen LogP contribution is 2.26. The number of benzene rings is 2. The molecule has 6 heteroatoms. The van der Waals surface area contributed by atoms with E-state index in [4.69, 9.17) is 4.74 Å². The van der Waals surface area contributed by atoms with Gasteiger partial charge in [0.15, 0.2) is 0 Å². The van der Waals surface area contributed by atoms with Crippen molar-refractivity contribution in [3.8, 4) is 5.75 Å². The van der Waals surface area contributed by atoms with Gasteiger partial charge in [0.05, 0.1) is 6.61 Å². The Labute approximate surface area is 144 Å². The van der Waals surface area contributed by atoms with Gasteiger partial charge in [-0.25, -0.2) is 0 Å². The molecule has 0 atom stereocenters. The van der Waals surface area contributed by atoms with Gasteiger partial charge in [0.25, 0.3) is 5.76 Å². The molecule has 24 heavy (non-hydrogen) atoms. The van der Waals surface area contributed by atoms with Crippen molar-refractivity contribution in [3.63, 3.8) is 0 Å². The number of ether oxygens (including phenoxy) is 1. The predicted octanol–water partition coefficient (Wildman–Crippen LogP) is 5.11. The average Bonchev–Trinajstić information content (AvgIpc) is 2.55. The fraction of sp³-hybridized carbons (Fsp3) is 0.278. The molecule has 0 aliphatic heterocycles. The summed E-state index contributed by atoms with van der Waals surface area (Å²) in [6.45, 7) is 2.47. The van der Waals surface area contributed by atoms with Crippen LogP contribution in [0.2, 0.25) is 0 Å². The van der Waals surface area contributed by atoms with E-state index in [1.807, 2.05) is 31.2 Å². The minimum Gasteiger partial charge on any atom is -0.494 e. The van der Waals surface area contributed by atoms with Gasteiger partial charge in [-0.05, 0) is 49.7 Å².